The van der Waals surface area contributed by atoms with Crippen molar-refractivity contribution >= 4 is 28.3 Å². The topological polar surface area (TPSA) is 56.3 Å². The number of fused-ring (bicyclic) bond motifs is 1. The molecule has 1 saturated heterocycles. The molecule has 0 unspecified atom stereocenters. The Hall–Kier alpha value is -2.99. The molecule has 0 radical (unpaired) electrons. The highest BCUT2D eigenvalue weighted by Gasteiger charge is 2.43. The van der Waals surface area contributed by atoms with Crippen LogP contribution in [0.25, 0.3) is 10.9 Å². The number of halogens is 1. The number of benzene rings is 3. The predicted octanol–water partition coefficient (Wildman–Crippen LogP) is 6.97. The number of anilines is 1. The first-order valence-electron chi connectivity index (χ1n) is 12.2. The van der Waals surface area contributed by atoms with Crippen molar-refractivity contribution in [3.8, 4) is 0 Å². The van der Waals surface area contributed by atoms with Crippen LogP contribution in [0.5, 0.6) is 0 Å². The van der Waals surface area contributed by atoms with Crippen LogP contribution in [0.15, 0.2) is 78.9 Å². The molecule has 0 bridgehead atoms. The van der Waals surface area contributed by atoms with E-state index in [0.717, 1.165) is 28.5 Å². The molecule has 0 amide bonds. The van der Waals surface area contributed by atoms with E-state index < -0.39 is 0 Å². The molecule has 3 aromatic carbocycles. The van der Waals surface area contributed by atoms with Crippen LogP contribution in [-0.4, -0.2) is 22.2 Å². The summed E-state index contributed by atoms with van der Waals surface area (Å²) in [7, 11) is 0. The van der Waals surface area contributed by atoms with Gasteiger partial charge in [-0.05, 0) is 35.2 Å². The largest absolute Gasteiger partial charge is 0.370 e. The van der Waals surface area contributed by atoms with Crippen LogP contribution in [0, 0.1) is 5.92 Å². The lowest BCUT2D eigenvalue weighted by atomic mass is 9.92. The average Bonchev–Trinajstić information content (AvgIpc) is 3.21. The maximum absolute atomic E-state index is 6.58. The van der Waals surface area contributed by atoms with Gasteiger partial charge in [-0.2, -0.15) is 0 Å². The summed E-state index contributed by atoms with van der Waals surface area (Å²) >= 11 is 6.41. The molecule has 4 aromatic rings. The van der Waals surface area contributed by atoms with Crippen molar-refractivity contribution in [2.75, 3.05) is 5.32 Å². The zero-order chi connectivity index (χ0) is 24.2. The van der Waals surface area contributed by atoms with E-state index in [1.54, 1.807) is 0 Å². The summed E-state index contributed by atoms with van der Waals surface area (Å²) in [6.45, 7) is 5.55. The van der Waals surface area contributed by atoms with Crippen LogP contribution < -0.4 is 5.32 Å². The van der Waals surface area contributed by atoms with E-state index >= 15 is 0 Å². The van der Waals surface area contributed by atoms with Crippen molar-refractivity contribution in [3.05, 3.63) is 101 Å². The molecule has 5 rings (SSSR count). The fourth-order valence-corrected chi connectivity index (χ4v) is 5.06. The minimum atomic E-state index is -0.240. The third kappa shape index (κ3) is 5.18. The zero-order valence-electron chi connectivity index (χ0n) is 20.0. The lowest BCUT2D eigenvalue weighted by Crippen LogP contribution is -2.25. The van der Waals surface area contributed by atoms with Crippen LogP contribution in [-0.2, 0) is 22.6 Å². The minimum absolute atomic E-state index is 0.0970. The summed E-state index contributed by atoms with van der Waals surface area (Å²) in [6.07, 6.45) is 0.701. The Balaban J connectivity index is 1.47. The van der Waals surface area contributed by atoms with Crippen LogP contribution >= 0.6 is 11.6 Å². The standard InChI is InChI=1S/C29H30ClN3O2/c1-3-24-19(2)26(34-18-21-13-8-5-9-14-21)27(35-24)22-15-10-16-23-25(22)32-29(30)33-28(23)31-17-20-11-6-4-7-12-20/h4-16,19,24,26-27H,3,17-18H2,1-2H3,(H,31,32,33)/t19-,24-,26-,27+/m1/s1. The zero-order valence-corrected chi connectivity index (χ0v) is 20.8. The van der Waals surface area contributed by atoms with Gasteiger partial charge in [0, 0.05) is 23.4 Å². The summed E-state index contributed by atoms with van der Waals surface area (Å²) in [5.41, 5.74) is 4.09. The number of aromatic nitrogens is 2. The molecule has 1 fully saturated rings. The second kappa shape index (κ2) is 10.7. The molecule has 35 heavy (non-hydrogen) atoms. The number of nitrogens with zero attached hydrogens (tertiary/aromatic N) is 2. The van der Waals surface area contributed by atoms with E-state index in [4.69, 9.17) is 21.1 Å². The minimum Gasteiger partial charge on any atom is -0.370 e. The van der Waals surface area contributed by atoms with E-state index in [9.17, 15) is 0 Å². The highest BCUT2D eigenvalue weighted by Crippen LogP contribution is 2.43. The lowest BCUT2D eigenvalue weighted by molar-refractivity contribution is -0.0331. The van der Waals surface area contributed by atoms with Crippen LogP contribution in [0.3, 0.4) is 0 Å². The number of para-hydroxylation sites is 1. The van der Waals surface area contributed by atoms with E-state index in [1.165, 1.54) is 5.56 Å². The van der Waals surface area contributed by atoms with Gasteiger partial charge in [0.1, 0.15) is 11.9 Å². The van der Waals surface area contributed by atoms with Crippen molar-refractivity contribution in [1.29, 1.82) is 0 Å². The van der Waals surface area contributed by atoms with Gasteiger partial charge in [0.2, 0.25) is 5.28 Å². The third-order valence-electron chi connectivity index (χ3n) is 6.75. The quantitative estimate of drug-likeness (QED) is 0.272. The SMILES string of the molecule is CC[C@H]1O[C@@H](c2cccc3c(NCc4ccccc4)nc(Cl)nc23)[C@H](OCc2ccccc2)[C@@H]1C. The van der Waals surface area contributed by atoms with E-state index in [-0.39, 0.29) is 29.5 Å². The number of hydrogen-bond acceptors (Lipinski definition) is 5. The summed E-state index contributed by atoms with van der Waals surface area (Å²) < 4.78 is 13.1. The van der Waals surface area contributed by atoms with Gasteiger partial charge in [-0.25, -0.2) is 9.97 Å². The molecule has 0 saturated carbocycles. The molecule has 1 aliphatic heterocycles. The molecule has 1 N–H and O–H groups in total. The van der Waals surface area contributed by atoms with Gasteiger partial charge in [0.05, 0.1) is 24.3 Å². The molecule has 2 heterocycles. The molecular formula is C29H30ClN3O2. The summed E-state index contributed by atoms with van der Waals surface area (Å²) in [6, 6.07) is 26.6. The first kappa shape index (κ1) is 23.7. The van der Waals surface area contributed by atoms with Crippen LogP contribution in [0.4, 0.5) is 5.82 Å². The normalized spacial score (nSPS) is 21.9. The molecule has 0 aliphatic carbocycles. The monoisotopic (exact) mass is 487 g/mol. The highest BCUT2D eigenvalue weighted by atomic mass is 35.5. The van der Waals surface area contributed by atoms with Crippen molar-refractivity contribution in [3.63, 3.8) is 0 Å². The van der Waals surface area contributed by atoms with Crippen molar-refractivity contribution in [2.24, 2.45) is 5.92 Å². The van der Waals surface area contributed by atoms with Crippen molar-refractivity contribution in [1.82, 2.24) is 9.97 Å². The maximum Gasteiger partial charge on any atom is 0.224 e. The molecule has 4 atom stereocenters. The van der Waals surface area contributed by atoms with E-state index in [1.807, 2.05) is 48.5 Å². The number of nitrogens with one attached hydrogen (secondary N) is 1. The highest BCUT2D eigenvalue weighted by molar-refractivity contribution is 6.28. The molecule has 1 aliphatic rings. The fraction of sp³-hybridized carbons (Fsp3) is 0.310. The Morgan fingerprint density at radius 1 is 0.914 bits per heavy atom. The maximum atomic E-state index is 6.58. The fourth-order valence-electron chi connectivity index (χ4n) is 4.89. The summed E-state index contributed by atoms with van der Waals surface area (Å²) in [5.74, 6) is 0.961. The summed E-state index contributed by atoms with van der Waals surface area (Å²) in [4.78, 5) is 9.14. The molecule has 180 valence electrons. The Labute approximate surface area is 211 Å². The Bertz CT molecular complexity index is 1270. The van der Waals surface area contributed by atoms with Gasteiger partial charge >= 0.3 is 0 Å². The van der Waals surface area contributed by atoms with Crippen molar-refractivity contribution in [2.45, 2.75) is 51.7 Å². The third-order valence-corrected chi connectivity index (χ3v) is 6.92. The van der Waals surface area contributed by atoms with Gasteiger partial charge in [-0.1, -0.05) is 86.6 Å². The molecule has 5 nitrogen and oxygen atoms in total. The second-order valence-electron chi connectivity index (χ2n) is 9.05. The number of rotatable bonds is 8. The Morgan fingerprint density at radius 3 is 2.34 bits per heavy atom. The van der Waals surface area contributed by atoms with Crippen LogP contribution in [0.2, 0.25) is 5.28 Å². The number of hydrogen-bond donors (Lipinski definition) is 1. The molecule has 0 spiro atoms. The first-order valence-corrected chi connectivity index (χ1v) is 12.6. The van der Waals surface area contributed by atoms with Crippen molar-refractivity contribution < 1.29 is 9.47 Å². The number of ether oxygens (including phenoxy) is 2. The second-order valence-corrected chi connectivity index (χ2v) is 9.39. The smallest absolute Gasteiger partial charge is 0.224 e. The summed E-state index contributed by atoms with van der Waals surface area (Å²) in [5, 5.41) is 4.57. The van der Waals surface area contributed by atoms with Gasteiger partial charge in [0.15, 0.2) is 0 Å². The van der Waals surface area contributed by atoms with Gasteiger partial charge < -0.3 is 14.8 Å². The molecular weight excluding hydrogens is 458 g/mol. The average molecular weight is 488 g/mol. The van der Waals surface area contributed by atoms with Gasteiger partial charge in [-0.15, -0.1) is 0 Å². The van der Waals surface area contributed by atoms with E-state index in [0.29, 0.717) is 19.0 Å². The van der Waals surface area contributed by atoms with Gasteiger partial charge in [-0.3, -0.25) is 0 Å². The van der Waals surface area contributed by atoms with E-state index in [2.05, 4.69) is 59.5 Å². The molecule has 1 aromatic heterocycles. The first-order chi connectivity index (χ1) is 17.1. The predicted molar refractivity (Wildman–Crippen MR) is 140 cm³/mol. The molecule has 6 heteroatoms. The van der Waals surface area contributed by atoms with Gasteiger partial charge in [0.25, 0.3) is 0 Å². The van der Waals surface area contributed by atoms with Crippen LogP contribution in [0.1, 0.15) is 43.1 Å². The lowest BCUT2D eigenvalue weighted by Gasteiger charge is -2.23. The Kier molecular flexibility index (Phi) is 7.28. The Morgan fingerprint density at radius 2 is 1.63 bits per heavy atom.